The Kier molecular flexibility index (Phi) is 14.6. The number of phenolic OH excluding ortho intramolecular Hbond substituents is 4. The van der Waals surface area contributed by atoms with Crippen molar-refractivity contribution in [2.45, 2.75) is 92.1 Å². The number of ether oxygens (including phenoxy) is 7. The lowest BCUT2D eigenvalue weighted by atomic mass is 9.96. The summed E-state index contributed by atoms with van der Waals surface area (Å²) >= 11 is 0. The number of benzene rings is 3. The molecule has 4 aromatic rings. The molecule has 352 valence electrons. The van der Waals surface area contributed by atoms with Gasteiger partial charge in [-0.1, -0.05) is 12.1 Å². The second kappa shape index (κ2) is 19.9. The number of phenols is 4. The van der Waals surface area contributed by atoms with Gasteiger partial charge in [0.05, 0.1) is 13.2 Å². The van der Waals surface area contributed by atoms with E-state index in [0.29, 0.717) is 5.56 Å². The molecule has 0 aliphatic carbocycles. The van der Waals surface area contributed by atoms with Crippen molar-refractivity contribution in [2.24, 2.45) is 0 Å². The van der Waals surface area contributed by atoms with E-state index in [2.05, 4.69) is 0 Å². The molecule has 3 aliphatic heterocycles. The molecule has 0 spiro atoms. The van der Waals surface area contributed by atoms with E-state index in [4.69, 9.17) is 37.6 Å². The van der Waals surface area contributed by atoms with Crippen molar-refractivity contribution in [3.63, 3.8) is 0 Å². The third-order valence-corrected chi connectivity index (χ3v) is 10.9. The molecule has 0 amide bonds. The molecular weight excluding hydrogens is 872 g/mol. The van der Waals surface area contributed by atoms with Crippen molar-refractivity contribution in [3.8, 4) is 40.1 Å². The number of aliphatic hydroxyl groups excluding tert-OH is 9. The fourth-order valence-electron chi connectivity index (χ4n) is 7.34. The van der Waals surface area contributed by atoms with Crippen molar-refractivity contribution in [1.82, 2.24) is 0 Å². The maximum atomic E-state index is 14.1. The average Bonchev–Trinajstić information content (AvgIpc) is 3.28. The van der Waals surface area contributed by atoms with E-state index in [1.807, 2.05) is 0 Å². The second-order valence-electron chi connectivity index (χ2n) is 15.3. The summed E-state index contributed by atoms with van der Waals surface area (Å²) in [6, 6.07) is 12.7. The quantitative estimate of drug-likeness (QED) is 0.0482. The summed E-state index contributed by atoms with van der Waals surface area (Å²) in [6.07, 6.45) is -27.0. The van der Waals surface area contributed by atoms with Gasteiger partial charge in [-0.05, 0) is 48.0 Å². The summed E-state index contributed by atoms with van der Waals surface area (Å²) in [6.45, 7) is -2.63. The van der Waals surface area contributed by atoms with Crippen molar-refractivity contribution in [1.29, 1.82) is 0 Å². The van der Waals surface area contributed by atoms with Gasteiger partial charge in [0.2, 0.25) is 17.5 Å². The van der Waals surface area contributed by atoms with Crippen LogP contribution >= 0.6 is 0 Å². The molecule has 3 aromatic carbocycles. The number of hydrogen-bond donors (Lipinski definition) is 13. The van der Waals surface area contributed by atoms with Gasteiger partial charge in [-0.15, -0.1) is 0 Å². The van der Waals surface area contributed by atoms with E-state index in [1.165, 1.54) is 54.6 Å². The molecular formula is C42H46O23. The number of fused-ring (bicyclic) bond motifs is 1. The summed E-state index contributed by atoms with van der Waals surface area (Å²) in [4.78, 5) is 26.6. The van der Waals surface area contributed by atoms with Gasteiger partial charge >= 0.3 is 5.97 Å². The van der Waals surface area contributed by atoms with E-state index < -0.39 is 146 Å². The molecule has 0 radical (unpaired) electrons. The predicted octanol–water partition coefficient (Wildman–Crippen LogP) is -2.63. The fraction of sp³-hybridized carbons (Fsp3) is 0.429. The standard InChI is InChI=1S/C42H46O23/c43-13-23-29(51)34(56)39(41(60-23)63-37-31(53)27-21(48)11-20(47)12-22(27)59-36(37)17-4-8-19(46)9-5-17)65-42-38(33(55)28(50)24(14-44)61-42)64-40-35(57)32(54)30(52)25(62-40)15-58-26(49)10-3-16-1-6-18(45)7-2-16/h1-12,23-25,28-30,32-35,38-48,50-52,54-57H,13-15H2/t23-,24-,25-,28-,29-,30-,32+,33+,34+,35-,38-,39-,40+,41+,42+/m1/s1. The lowest BCUT2D eigenvalue weighted by Gasteiger charge is -2.48. The maximum Gasteiger partial charge on any atom is 0.330 e. The van der Waals surface area contributed by atoms with Crippen molar-refractivity contribution in [3.05, 3.63) is 82.5 Å². The van der Waals surface area contributed by atoms with Gasteiger partial charge in [-0.3, -0.25) is 4.79 Å². The highest BCUT2D eigenvalue weighted by Gasteiger charge is 2.55. The summed E-state index contributed by atoms with van der Waals surface area (Å²) in [7, 11) is 0. The second-order valence-corrected chi connectivity index (χ2v) is 15.3. The van der Waals surface area contributed by atoms with Crippen molar-refractivity contribution < 1.29 is 109 Å². The van der Waals surface area contributed by atoms with E-state index in [0.717, 1.165) is 18.2 Å². The van der Waals surface area contributed by atoms with Crippen LogP contribution in [0, 0.1) is 0 Å². The van der Waals surface area contributed by atoms with E-state index >= 15 is 0 Å². The molecule has 4 heterocycles. The minimum Gasteiger partial charge on any atom is -0.508 e. The summed E-state index contributed by atoms with van der Waals surface area (Å²) < 4.78 is 46.1. The minimum absolute atomic E-state index is 0.00702. The van der Waals surface area contributed by atoms with Crippen molar-refractivity contribution in [2.75, 3.05) is 19.8 Å². The molecule has 3 fully saturated rings. The van der Waals surface area contributed by atoms with Crippen LogP contribution < -0.4 is 10.2 Å². The molecule has 65 heavy (non-hydrogen) atoms. The first-order valence-corrected chi connectivity index (χ1v) is 19.9. The van der Waals surface area contributed by atoms with Crippen LogP contribution in [0.4, 0.5) is 0 Å². The zero-order valence-corrected chi connectivity index (χ0v) is 33.6. The smallest absolute Gasteiger partial charge is 0.330 e. The number of carbonyl (C=O) groups excluding carboxylic acids is 1. The number of esters is 1. The molecule has 15 atom stereocenters. The number of hydrogen-bond acceptors (Lipinski definition) is 23. The van der Waals surface area contributed by atoms with E-state index in [1.54, 1.807) is 0 Å². The first-order chi connectivity index (χ1) is 31.0. The number of aliphatic hydroxyl groups is 9. The van der Waals surface area contributed by atoms with Crippen LogP contribution in [0.5, 0.6) is 28.7 Å². The number of aromatic hydroxyl groups is 4. The fourth-order valence-corrected chi connectivity index (χ4v) is 7.34. The molecule has 0 bridgehead atoms. The van der Waals surface area contributed by atoms with Crippen LogP contribution in [-0.2, 0) is 33.2 Å². The summed E-state index contributed by atoms with van der Waals surface area (Å²) in [5.41, 5.74) is -0.808. The summed E-state index contributed by atoms with van der Waals surface area (Å²) in [5.74, 6) is -3.49. The molecule has 3 saturated heterocycles. The Balaban J connectivity index is 1.18. The molecule has 13 N–H and O–H groups in total. The van der Waals surface area contributed by atoms with E-state index in [9.17, 15) is 76.0 Å². The Bertz CT molecular complexity index is 2350. The lowest BCUT2D eigenvalue weighted by molar-refractivity contribution is -0.389. The van der Waals surface area contributed by atoms with Gasteiger partial charge in [0.1, 0.15) is 108 Å². The molecule has 0 saturated carbocycles. The van der Waals surface area contributed by atoms with Gasteiger partial charge in [-0.25, -0.2) is 4.79 Å². The van der Waals surface area contributed by atoms with E-state index in [-0.39, 0.29) is 28.4 Å². The Morgan fingerprint density at radius 2 is 1.15 bits per heavy atom. The molecule has 23 nitrogen and oxygen atoms in total. The maximum absolute atomic E-state index is 14.1. The average molecular weight is 919 g/mol. The van der Waals surface area contributed by atoms with Crippen molar-refractivity contribution >= 4 is 23.0 Å². The Morgan fingerprint density at radius 1 is 0.615 bits per heavy atom. The highest BCUT2D eigenvalue weighted by molar-refractivity contribution is 5.88. The SMILES string of the molecule is O=C(C=Cc1ccc(O)cc1)OC[C@H]1O[C@@H](O[C@H]2[C@H](O[C@H]3[C@H](Oc4c(-c5ccc(O)cc5)oc5cc(O)cc(O)c5c4=O)O[C@H](CO)[C@@H](O)[C@@H]3O)O[C@H](CO)[C@@H](O)[C@@H]2O)[C@H](O)[C@@H](O)[C@@H]1O. The third-order valence-electron chi connectivity index (χ3n) is 10.9. The Morgan fingerprint density at radius 3 is 1.77 bits per heavy atom. The number of rotatable bonds is 13. The van der Waals surface area contributed by atoms with Gasteiger partial charge in [0, 0.05) is 23.8 Å². The summed E-state index contributed by atoms with van der Waals surface area (Å²) in [5, 5.41) is 137. The highest BCUT2D eigenvalue weighted by Crippen LogP contribution is 2.39. The van der Waals surface area contributed by atoms with Crippen LogP contribution in [0.2, 0.25) is 0 Å². The van der Waals surface area contributed by atoms with Crippen LogP contribution in [-0.4, -0.2) is 184 Å². The Labute approximate surface area is 365 Å². The van der Waals surface area contributed by atoms with Gasteiger partial charge in [0.15, 0.2) is 24.4 Å². The van der Waals surface area contributed by atoms with Gasteiger partial charge in [0.25, 0.3) is 0 Å². The van der Waals surface area contributed by atoms with Gasteiger partial charge < -0.3 is 104 Å². The molecule has 7 rings (SSSR count). The molecule has 3 aliphatic rings. The zero-order chi connectivity index (χ0) is 46.9. The van der Waals surface area contributed by atoms with Gasteiger partial charge in [-0.2, -0.15) is 0 Å². The molecule has 0 unspecified atom stereocenters. The first-order valence-electron chi connectivity index (χ1n) is 19.9. The first kappa shape index (κ1) is 47.5. The van der Waals surface area contributed by atoms with Crippen LogP contribution in [0.1, 0.15) is 5.56 Å². The van der Waals surface area contributed by atoms with Crippen LogP contribution in [0.15, 0.2) is 76.0 Å². The minimum atomic E-state index is -2.13. The predicted molar refractivity (Wildman–Crippen MR) is 214 cm³/mol. The normalized spacial score (nSPS) is 33.0. The largest absolute Gasteiger partial charge is 0.508 e. The third kappa shape index (κ3) is 10.0. The lowest BCUT2D eigenvalue weighted by Crippen LogP contribution is -2.67. The van der Waals surface area contributed by atoms with Crippen LogP contribution in [0.25, 0.3) is 28.4 Å². The monoisotopic (exact) mass is 918 g/mol. The Hall–Kier alpha value is -5.48. The molecule has 23 heteroatoms. The molecule has 1 aromatic heterocycles. The van der Waals surface area contributed by atoms with Crippen LogP contribution in [0.3, 0.4) is 0 Å². The zero-order valence-electron chi connectivity index (χ0n) is 33.6. The number of carbonyl (C=O) groups is 1. The topological polar surface area (TPSA) is 375 Å². The highest BCUT2D eigenvalue weighted by atomic mass is 16.8.